The van der Waals surface area contributed by atoms with Gasteiger partial charge in [-0.05, 0) is 35.9 Å². The van der Waals surface area contributed by atoms with Crippen molar-refractivity contribution in [3.8, 4) is 5.75 Å². The number of halogens is 3. The molecule has 0 saturated heterocycles. The van der Waals surface area contributed by atoms with Gasteiger partial charge in [0.1, 0.15) is 5.75 Å². The predicted molar refractivity (Wildman–Crippen MR) is 74.9 cm³/mol. The SMILES string of the molecule is OC1=NN(c2ccc(OC(F)(F)F)cc2)Cc2ccccc21. The smallest absolute Gasteiger partial charge is 0.492 e. The number of aliphatic hydroxyl groups is 1. The molecule has 0 amide bonds. The number of nitrogens with zero attached hydrogens (tertiary/aromatic N) is 2. The van der Waals surface area contributed by atoms with Crippen LogP contribution < -0.4 is 9.75 Å². The Morgan fingerprint density at radius 3 is 2.41 bits per heavy atom. The van der Waals surface area contributed by atoms with E-state index in [1.165, 1.54) is 29.3 Å². The van der Waals surface area contributed by atoms with E-state index in [1.54, 1.807) is 12.1 Å². The van der Waals surface area contributed by atoms with Gasteiger partial charge in [-0.2, -0.15) is 0 Å². The molecular formula is C15H11F3N2O2. The summed E-state index contributed by atoms with van der Waals surface area (Å²) in [5.41, 5.74) is 2.08. The Kier molecular flexibility index (Phi) is 3.40. The molecule has 0 spiro atoms. The van der Waals surface area contributed by atoms with Gasteiger partial charge >= 0.3 is 6.36 Å². The van der Waals surface area contributed by atoms with E-state index in [4.69, 9.17) is 0 Å². The molecule has 0 saturated carbocycles. The number of alkyl halides is 3. The summed E-state index contributed by atoms with van der Waals surface area (Å²) < 4.78 is 40.2. The topological polar surface area (TPSA) is 45.1 Å². The molecule has 0 aliphatic carbocycles. The molecule has 1 aliphatic rings. The first-order chi connectivity index (χ1) is 10.4. The summed E-state index contributed by atoms with van der Waals surface area (Å²) in [6, 6.07) is 12.6. The van der Waals surface area contributed by atoms with Gasteiger partial charge in [0.15, 0.2) is 0 Å². The molecule has 0 bridgehead atoms. The highest BCUT2D eigenvalue weighted by molar-refractivity contribution is 5.95. The number of ether oxygens (including phenoxy) is 1. The van der Waals surface area contributed by atoms with Crippen LogP contribution in [-0.4, -0.2) is 17.4 Å². The second-order valence-corrected chi connectivity index (χ2v) is 4.68. The average Bonchev–Trinajstić information content (AvgIpc) is 2.46. The van der Waals surface area contributed by atoms with E-state index in [0.717, 1.165) is 5.56 Å². The minimum atomic E-state index is -4.72. The van der Waals surface area contributed by atoms with Crippen LogP contribution in [0.5, 0.6) is 5.75 Å². The maximum Gasteiger partial charge on any atom is 0.573 e. The van der Waals surface area contributed by atoms with Crippen LogP contribution in [0.25, 0.3) is 0 Å². The van der Waals surface area contributed by atoms with Crippen molar-refractivity contribution in [2.45, 2.75) is 12.9 Å². The van der Waals surface area contributed by atoms with Gasteiger partial charge in [0.05, 0.1) is 12.2 Å². The lowest BCUT2D eigenvalue weighted by Gasteiger charge is -2.25. The Morgan fingerprint density at radius 1 is 1.05 bits per heavy atom. The molecule has 0 unspecified atom stereocenters. The van der Waals surface area contributed by atoms with Crippen molar-refractivity contribution in [2.75, 3.05) is 5.01 Å². The van der Waals surface area contributed by atoms with Crippen molar-refractivity contribution in [2.24, 2.45) is 5.10 Å². The molecular weight excluding hydrogens is 297 g/mol. The quantitative estimate of drug-likeness (QED) is 0.917. The lowest BCUT2D eigenvalue weighted by Crippen LogP contribution is -2.25. The molecule has 2 aromatic carbocycles. The highest BCUT2D eigenvalue weighted by Crippen LogP contribution is 2.28. The summed E-state index contributed by atoms with van der Waals surface area (Å²) in [6.07, 6.45) is -4.72. The van der Waals surface area contributed by atoms with Crippen molar-refractivity contribution in [3.63, 3.8) is 0 Å². The normalized spacial score (nSPS) is 14.3. The van der Waals surface area contributed by atoms with Crippen molar-refractivity contribution in [1.82, 2.24) is 0 Å². The monoisotopic (exact) mass is 308 g/mol. The number of hydrazone groups is 1. The first-order valence-electron chi connectivity index (χ1n) is 6.41. The molecule has 2 aromatic rings. The van der Waals surface area contributed by atoms with Gasteiger partial charge in [0.2, 0.25) is 5.90 Å². The average molecular weight is 308 g/mol. The largest absolute Gasteiger partial charge is 0.573 e. The third-order valence-corrected chi connectivity index (χ3v) is 3.16. The van der Waals surface area contributed by atoms with Crippen LogP contribution in [0.15, 0.2) is 53.6 Å². The fraction of sp³-hybridized carbons (Fsp3) is 0.133. The van der Waals surface area contributed by atoms with Crippen LogP contribution in [0.2, 0.25) is 0 Å². The van der Waals surface area contributed by atoms with Gasteiger partial charge in [-0.15, -0.1) is 18.3 Å². The zero-order valence-corrected chi connectivity index (χ0v) is 11.2. The van der Waals surface area contributed by atoms with E-state index in [0.29, 0.717) is 17.8 Å². The molecule has 0 radical (unpaired) electrons. The van der Waals surface area contributed by atoms with Crippen molar-refractivity contribution >= 4 is 11.6 Å². The number of hydrogen-bond donors (Lipinski definition) is 1. The molecule has 114 valence electrons. The van der Waals surface area contributed by atoms with Crippen LogP contribution in [0.1, 0.15) is 11.1 Å². The molecule has 22 heavy (non-hydrogen) atoms. The number of hydrogen-bond acceptors (Lipinski definition) is 3. The van der Waals surface area contributed by atoms with Crippen LogP contribution in [0.4, 0.5) is 18.9 Å². The van der Waals surface area contributed by atoms with Crippen molar-refractivity contribution in [3.05, 3.63) is 59.7 Å². The third-order valence-electron chi connectivity index (χ3n) is 3.16. The lowest BCUT2D eigenvalue weighted by atomic mass is 10.1. The Labute approximate surface area is 124 Å². The summed E-state index contributed by atoms with van der Waals surface area (Å²) in [6.45, 7) is 0.416. The van der Waals surface area contributed by atoms with Gasteiger partial charge in [0, 0.05) is 5.56 Å². The molecule has 0 atom stereocenters. The number of rotatable bonds is 2. The fourth-order valence-corrected chi connectivity index (χ4v) is 2.21. The summed E-state index contributed by atoms with van der Waals surface area (Å²) in [7, 11) is 0. The second kappa shape index (κ2) is 5.25. The molecule has 3 rings (SSSR count). The summed E-state index contributed by atoms with van der Waals surface area (Å²) in [5.74, 6) is -0.431. The van der Waals surface area contributed by atoms with Gasteiger partial charge in [-0.3, -0.25) is 5.01 Å². The number of aliphatic hydroxyl groups excluding tert-OH is 1. The summed E-state index contributed by atoms with van der Waals surface area (Å²) >= 11 is 0. The maximum absolute atomic E-state index is 12.1. The molecule has 1 heterocycles. The van der Waals surface area contributed by atoms with Crippen LogP contribution >= 0.6 is 0 Å². The third kappa shape index (κ3) is 2.98. The first-order valence-corrected chi connectivity index (χ1v) is 6.41. The van der Waals surface area contributed by atoms with E-state index < -0.39 is 6.36 Å². The Bertz CT molecular complexity index is 711. The maximum atomic E-state index is 12.1. The molecule has 1 aliphatic heterocycles. The first kappa shape index (κ1) is 14.2. The minimum Gasteiger partial charge on any atom is -0.492 e. The number of anilines is 1. The van der Waals surface area contributed by atoms with E-state index in [-0.39, 0.29) is 11.6 Å². The van der Waals surface area contributed by atoms with Gasteiger partial charge in [-0.1, -0.05) is 18.2 Å². The zero-order chi connectivity index (χ0) is 15.7. The van der Waals surface area contributed by atoms with Gasteiger partial charge in [0.25, 0.3) is 0 Å². The Balaban J connectivity index is 1.83. The van der Waals surface area contributed by atoms with E-state index in [9.17, 15) is 18.3 Å². The van der Waals surface area contributed by atoms with Gasteiger partial charge < -0.3 is 9.84 Å². The molecule has 0 aromatic heterocycles. The molecule has 4 nitrogen and oxygen atoms in total. The summed E-state index contributed by atoms with van der Waals surface area (Å²) in [5, 5.41) is 15.5. The van der Waals surface area contributed by atoms with E-state index in [1.807, 2.05) is 12.1 Å². The Hall–Kier alpha value is -2.70. The highest BCUT2D eigenvalue weighted by Gasteiger charge is 2.31. The van der Waals surface area contributed by atoms with Crippen molar-refractivity contribution in [1.29, 1.82) is 0 Å². The Morgan fingerprint density at radius 2 is 1.73 bits per heavy atom. The molecule has 0 fully saturated rings. The minimum absolute atomic E-state index is 0.127. The number of benzene rings is 2. The predicted octanol–water partition coefficient (Wildman–Crippen LogP) is 3.83. The van der Waals surface area contributed by atoms with Crippen LogP contribution in [0, 0.1) is 0 Å². The van der Waals surface area contributed by atoms with Crippen molar-refractivity contribution < 1.29 is 23.0 Å². The highest BCUT2D eigenvalue weighted by atomic mass is 19.4. The fourth-order valence-electron chi connectivity index (χ4n) is 2.21. The summed E-state index contributed by atoms with van der Waals surface area (Å²) in [4.78, 5) is 0. The van der Waals surface area contributed by atoms with Gasteiger partial charge in [-0.25, -0.2) is 0 Å². The van der Waals surface area contributed by atoms with E-state index >= 15 is 0 Å². The second-order valence-electron chi connectivity index (χ2n) is 4.68. The number of fused-ring (bicyclic) bond motifs is 1. The standard InChI is InChI=1S/C15H11F3N2O2/c16-15(17,18)22-12-7-5-11(6-8-12)20-9-10-3-1-2-4-13(10)14(21)19-20/h1-8H,9H2,(H,19,21). The van der Waals surface area contributed by atoms with Crippen LogP contribution in [0.3, 0.4) is 0 Å². The van der Waals surface area contributed by atoms with E-state index in [2.05, 4.69) is 9.84 Å². The molecule has 1 N–H and O–H groups in total. The zero-order valence-electron chi connectivity index (χ0n) is 11.2. The lowest BCUT2D eigenvalue weighted by molar-refractivity contribution is -0.274. The molecule has 7 heteroatoms. The van der Waals surface area contributed by atoms with Crippen LogP contribution in [-0.2, 0) is 6.54 Å².